The van der Waals surface area contributed by atoms with Gasteiger partial charge in [-0.3, -0.25) is 4.68 Å². The molecule has 302 valence electrons. The largest absolute Gasteiger partial charge is 2.00 e. The van der Waals surface area contributed by atoms with Crippen LogP contribution in [0, 0.1) is 55.6 Å². The molecule has 1 unspecified atom stereocenters. The van der Waals surface area contributed by atoms with Crippen LogP contribution in [0.1, 0.15) is 124 Å². The van der Waals surface area contributed by atoms with E-state index in [1.54, 1.807) is 5.57 Å². The summed E-state index contributed by atoms with van der Waals surface area (Å²) in [5.41, 5.74) is 10.4. The van der Waals surface area contributed by atoms with Gasteiger partial charge in [-0.2, -0.15) is 11.2 Å². The third-order valence-corrected chi connectivity index (χ3v) is 12.3. The number of hydrogen-bond donors (Lipinski definition) is 0. The van der Waals surface area contributed by atoms with Crippen molar-refractivity contribution >= 4 is 21.8 Å². The molecule has 0 spiro atoms. The average molecular weight is 942 g/mol. The summed E-state index contributed by atoms with van der Waals surface area (Å²) < 4.78 is 11.1. The molecule has 1 aliphatic rings. The molecule has 0 saturated carbocycles. The number of pyridine rings is 1. The topological polar surface area (TPSA) is 44.9 Å². The number of aryl methyl sites for hydroxylation is 1. The Hall–Kier alpha value is -3.95. The van der Waals surface area contributed by atoms with Gasteiger partial charge in [0.25, 0.3) is 0 Å². The monoisotopic (exact) mass is 941 g/mol. The van der Waals surface area contributed by atoms with Gasteiger partial charge >= 0.3 is 21.1 Å². The van der Waals surface area contributed by atoms with Crippen LogP contribution in [0.3, 0.4) is 0 Å². The molecule has 3 aromatic carbocycles. The van der Waals surface area contributed by atoms with E-state index in [1.165, 1.54) is 23.2 Å². The van der Waals surface area contributed by atoms with E-state index in [1.807, 2.05) is 12.3 Å². The molecule has 0 saturated heterocycles. The van der Waals surface area contributed by atoms with Crippen molar-refractivity contribution in [3.63, 3.8) is 0 Å². The SMILES string of the molecule is Cc1nn(-c2[c-]c(Oc3[c-]c4c(cc3)c3ccccc3n4-c3cc(C(C)(C)C)ccn3)cc(C(C)(C)C)c2)c(C)c1C1C(C(C)C)=C[C@H](C(C)C)C[C@@H]1C(C)C.[Pt+2]. The molecule has 57 heavy (non-hydrogen) atoms. The molecular formula is C51H62N4OPt. The molecule has 5 nitrogen and oxygen atoms in total. The van der Waals surface area contributed by atoms with E-state index in [2.05, 4.69) is 179 Å². The van der Waals surface area contributed by atoms with Crippen LogP contribution in [0.5, 0.6) is 11.5 Å². The second kappa shape index (κ2) is 16.0. The third-order valence-electron chi connectivity index (χ3n) is 12.3. The molecular weight excluding hydrogens is 880 g/mol. The Morgan fingerprint density at radius 2 is 1.47 bits per heavy atom. The summed E-state index contributed by atoms with van der Waals surface area (Å²) in [6, 6.07) is 28.7. The van der Waals surface area contributed by atoms with Crippen molar-refractivity contribution in [3.05, 3.63) is 119 Å². The Labute approximate surface area is 356 Å². The molecule has 3 atom stereocenters. The zero-order valence-electron chi connectivity index (χ0n) is 36.6. The smallest absolute Gasteiger partial charge is 0.509 e. The minimum Gasteiger partial charge on any atom is -0.509 e. The van der Waals surface area contributed by atoms with E-state index in [4.69, 9.17) is 14.8 Å². The summed E-state index contributed by atoms with van der Waals surface area (Å²) in [5, 5.41) is 7.55. The van der Waals surface area contributed by atoms with E-state index >= 15 is 0 Å². The maximum Gasteiger partial charge on any atom is 2.00 e. The van der Waals surface area contributed by atoms with Crippen LogP contribution in [0.4, 0.5) is 0 Å². The number of benzene rings is 3. The number of allylic oxidation sites excluding steroid dienone is 2. The first-order valence-electron chi connectivity index (χ1n) is 20.8. The maximum absolute atomic E-state index is 6.78. The number of para-hydroxylation sites is 1. The third kappa shape index (κ3) is 8.21. The molecule has 0 fully saturated rings. The van der Waals surface area contributed by atoms with Gasteiger partial charge in [0.15, 0.2) is 0 Å². The zero-order chi connectivity index (χ0) is 40.4. The molecule has 3 aromatic heterocycles. The van der Waals surface area contributed by atoms with Crippen LogP contribution in [0.25, 0.3) is 33.3 Å². The predicted octanol–water partition coefficient (Wildman–Crippen LogP) is 13.6. The van der Waals surface area contributed by atoms with Gasteiger partial charge in [-0.1, -0.05) is 118 Å². The maximum atomic E-state index is 6.78. The van der Waals surface area contributed by atoms with E-state index in [0.29, 0.717) is 47.0 Å². The molecule has 7 rings (SSSR count). The van der Waals surface area contributed by atoms with Crippen LogP contribution in [-0.2, 0) is 31.9 Å². The van der Waals surface area contributed by atoms with Crippen LogP contribution < -0.4 is 4.74 Å². The van der Waals surface area contributed by atoms with Gasteiger partial charge in [-0.25, -0.2) is 4.98 Å². The zero-order valence-corrected chi connectivity index (χ0v) is 38.9. The number of ether oxygens (including phenoxy) is 1. The van der Waals surface area contributed by atoms with Gasteiger partial charge in [0.2, 0.25) is 0 Å². The van der Waals surface area contributed by atoms with Gasteiger partial charge < -0.3 is 9.30 Å². The number of rotatable bonds is 8. The van der Waals surface area contributed by atoms with Crippen molar-refractivity contribution in [2.75, 3.05) is 0 Å². The molecule has 3 heterocycles. The molecule has 0 aliphatic heterocycles. The molecule has 0 amide bonds. The van der Waals surface area contributed by atoms with Crippen molar-refractivity contribution in [2.45, 2.75) is 120 Å². The Bertz CT molecular complexity index is 2430. The summed E-state index contributed by atoms with van der Waals surface area (Å²) in [6.07, 6.45) is 5.74. The summed E-state index contributed by atoms with van der Waals surface area (Å²) in [7, 11) is 0. The van der Waals surface area contributed by atoms with E-state index in [0.717, 1.165) is 44.6 Å². The van der Waals surface area contributed by atoms with Crippen LogP contribution >= 0.6 is 0 Å². The molecule has 0 radical (unpaired) electrons. The Morgan fingerprint density at radius 1 is 0.772 bits per heavy atom. The minimum atomic E-state index is -0.129. The predicted molar refractivity (Wildman–Crippen MR) is 234 cm³/mol. The summed E-state index contributed by atoms with van der Waals surface area (Å²) in [5.74, 6) is 5.29. The van der Waals surface area contributed by atoms with Gasteiger partial charge in [-0.05, 0) is 95.5 Å². The van der Waals surface area contributed by atoms with Gasteiger partial charge in [0.05, 0.1) is 5.69 Å². The van der Waals surface area contributed by atoms with Gasteiger partial charge in [0.1, 0.15) is 5.82 Å². The number of aromatic nitrogens is 4. The van der Waals surface area contributed by atoms with Crippen LogP contribution in [-0.4, -0.2) is 19.3 Å². The fraction of sp³-hybridized carbons (Fsp3) is 0.451. The standard InChI is InChI=1S/C51H62N4O.Pt/c1-30(2)35-23-43(31(3)4)49(44(24-35)32(5)6)48-33(7)53-55(34(48)8)38-25-37(51(12,13)14)26-40(28-38)56-39-19-20-42-41-17-15-16-18-45(41)54(46(42)29-39)47-27-36(21-22-52-47)50(9,10)11;/h15-23,25-27,30-32,35,44,49H,24H2,1-14H3;/q-2;+2/t35-,44+,49?;/m0./s1. The fourth-order valence-corrected chi connectivity index (χ4v) is 8.94. The fourth-order valence-electron chi connectivity index (χ4n) is 8.94. The van der Waals surface area contributed by atoms with Gasteiger partial charge in [-0.15, -0.1) is 41.3 Å². The first kappa shape index (κ1) is 42.6. The van der Waals surface area contributed by atoms with Crippen molar-refractivity contribution in [3.8, 4) is 23.0 Å². The van der Waals surface area contributed by atoms with Crippen molar-refractivity contribution in [1.82, 2.24) is 19.3 Å². The molecule has 0 N–H and O–H groups in total. The quantitative estimate of drug-likeness (QED) is 0.113. The molecule has 1 aliphatic carbocycles. The summed E-state index contributed by atoms with van der Waals surface area (Å²) in [6.45, 7) is 32.2. The van der Waals surface area contributed by atoms with E-state index in [9.17, 15) is 0 Å². The molecule has 6 aromatic rings. The van der Waals surface area contributed by atoms with Crippen molar-refractivity contribution in [1.29, 1.82) is 0 Å². The van der Waals surface area contributed by atoms with Crippen LogP contribution in [0.15, 0.2) is 78.5 Å². The second-order valence-corrected chi connectivity index (χ2v) is 19.4. The second-order valence-electron chi connectivity index (χ2n) is 19.4. The van der Waals surface area contributed by atoms with E-state index < -0.39 is 0 Å². The average Bonchev–Trinajstić information content (AvgIpc) is 3.62. The molecule has 6 heteroatoms. The first-order valence-corrected chi connectivity index (χ1v) is 20.8. The Morgan fingerprint density at radius 3 is 2.12 bits per heavy atom. The van der Waals surface area contributed by atoms with Crippen LogP contribution in [0.2, 0.25) is 0 Å². The Kier molecular flexibility index (Phi) is 12.0. The summed E-state index contributed by atoms with van der Waals surface area (Å²) in [4.78, 5) is 4.87. The number of fused-ring (bicyclic) bond motifs is 3. The number of hydrogen-bond acceptors (Lipinski definition) is 3. The van der Waals surface area contributed by atoms with Crippen molar-refractivity contribution < 1.29 is 25.8 Å². The normalized spacial score (nSPS) is 17.8. The van der Waals surface area contributed by atoms with Crippen molar-refractivity contribution in [2.24, 2.45) is 29.6 Å². The van der Waals surface area contributed by atoms with E-state index in [-0.39, 0.29) is 31.9 Å². The molecule has 0 bridgehead atoms. The van der Waals surface area contributed by atoms with Gasteiger partial charge in [0, 0.05) is 40.4 Å². The Balaban J connectivity index is 0.00000549. The summed E-state index contributed by atoms with van der Waals surface area (Å²) >= 11 is 0. The first-order chi connectivity index (χ1) is 26.3. The number of nitrogens with zero attached hydrogens (tertiary/aromatic N) is 4. The minimum absolute atomic E-state index is 0.